The smallest absolute Gasteiger partial charge is 0.214 e. The van der Waals surface area contributed by atoms with Crippen LogP contribution >= 0.6 is 11.8 Å². The van der Waals surface area contributed by atoms with Crippen molar-refractivity contribution in [3.05, 3.63) is 29.6 Å². The van der Waals surface area contributed by atoms with Gasteiger partial charge in [-0.1, -0.05) is 18.9 Å². The van der Waals surface area contributed by atoms with Gasteiger partial charge >= 0.3 is 0 Å². The lowest BCUT2D eigenvalue weighted by molar-refractivity contribution is 0.191. The monoisotopic (exact) mass is 308 g/mol. The molecule has 1 fully saturated rings. The molecule has 7 heteroatoms. The summed E-state index contributed by atoms with van der Waals surface area (Å²) < 4.78 is 15.7. The van der Waals surface area contributed by atoms with Gasteiger partial charge in [0.2, 0.25) is 5.16 Å². The first kappa shape index (κ1) is 14.5. The van der Waals surface area contributed by atoms with Crippen molar-refractivity contribution in [3.63, 3.8) is 0 Å². The molecule has 1 heterocycles. The summed E-state index contributed by atoms with van der Waals surface area (Å²) in [5.74, 6) is -0.408. The van der Waals surface area contributed by atoms with Crippen LogP contribution in [0.4, 0.5) is 4.39 Å². The van der Waals surface area contributed by atoms with E-state index in [0.717, 1.165) is 12.8 Å². The Labute approximate surface area is 126 Å². The maximum Gasteiger partial charge on any atom is 0.214 e. The predicted molar refractivity (Wildman–Crippen MR) is 76.5 cm³/mol. The van der Waals surface area contributed by atoms with Gasteiger partial charge in [0.1, 0.15) is 5.82 Å². The van der Waals surface area contributed by atoms with E-state index in [1.54, 1.807) is 19.1 Å². The largest absolute Gasteiger partial charge is 0.389 e. The fourth-order valence-electron chi connectivity index (χ4n) is 2.74. The second kappa shape index (κ2) is 6.11. The fraction of sp³-hybridized carbons (Fsp3) is 0.500. The summed E-state index contributed by atoms with van der Waals surface area (Å²) >= 11 is 1.30. The van der Waals surface area contributed by atoms with Gasteiger partial charge in [-0.25, -0.2) is 9.07 Å². The first-order chi connectivity index (χ1) is 10.2. The highest BCUT2D eigenvalue weighted by molar-refractivity contribution is 7.99. The minimum Gasteiger partial charge on any atom is -0.389 e. The Kier molecular flexibility index (Phi) is 4.21. The second-order valence-corrected chi connectivity index (χ2v) is 6.28. The van der Waals surface area contributed by atoms with Crippen LogP contribution in [-0.2, 0) is 0 Å². The molecule has 5 nitrogen and oxygen atoms in total. The molecule has 0 spiro atoms. The van der Waals surface area contributed by atoms with E-state index in [9.17, 15) is 9.50 Å². The van der Waals surface area contributed by atoms with E-state index in [2.05, 4.69) is 15.5 Å². The van der Waals surface area contributed by atoms with E-state index >= 15 is 0 Å². The Hall–Kier alpha value is -1.47. The SMILES string of the molecule is C[C@@H](O)c1c(F)cccc1Sc1nnnn1C1CCCC1. The van der Waals surface area contributed by atoms with Gasteiger partial charge in [-0.2, -0.15) is 0 Å². The van der Waals surface area contributed by atoms with Crippen LogP contribution in [0.15, 0.2) is 28.3 Å². The van der Waals surface area contributed by atoms with Crippen molar-refractivity contribution in [2.75, 3.05) is 0 Å². The number of aromatic nitrogens is 4. The van der Waals surface area contributed by atoms with Crippen LogP contribution in [0.2, 0.25) is 0 Å². The number of aliphatic hydroxyl groups is 1. The molecule has 1 N–H and O–H groups in total. The third-order valence-electron chi connectivity index (χ3n) is 3.77. The highest BCUT2D eigenvalue weighted by Crippen LogP contribution is 2.36. The van der Waals surface area contributed by atoms with Crippen LogP contribution in [0.25, 0.3) is 0 Å². The zero-order valence-corrected chi connectivity index (χ0v) is 12.6. The van der Waals surface area contributed by atoms with Gasteiger partial charge in [0.15, 0.2) is 0 Å². The van der Waals surface area contributed by atoms with E-state index in [1.165, 1.54) is 30.7 Å². The fourth-order valence-corrected chi connectivity index (χ4v) is 3.82. The van der Waals surface area contributed by atoms with E-state index in [1.807, 2.05) is 4.68 Å². The average molecular weight is 308 g/mol. The number of tetrazole rings is 1. The molecule has 1 aliphatic carbocycles. The van der Waals surface area contributed by atoms with Gasteiger partial charge in [0.25, 0.3) is 0 Å². The summed E-state index contributed by atoms with van der Waals surface area (Å²) in [6.45, 7) is 1.56. The molecule has 1 aromatic carbocycles. The van der Waals surface area contributed by atoms with Gasteiger partial charge < -0.3 is 5.11 Å². The van der Waals surface area contributed by atoms with Gasteiger partial charge in [0, 0.05) is 10.5 Å². The summed E-state index contributed by atoms with van der Waals surface area (Å²) in [6, 6.07) is 5.09. The van der Waals surface area contributed by atoms with Gasteiger partial charge in [0.05, 0.1) is 12.1 Å². The molecular formula is C14H17FN4OS. The maximum atomic E-state index is 13.9. The molecule has 1 saturated carbocycles. The number of halogens is 1. The molecule has 1 aromatic heterocycles. The number of hydrogen-bond acceptors (Lipinski definition) is 5. The lowest BCUT2D eigenvalue weighted by Gasteiger charge is -2.14. The maximum absolute atomic E-state index is 13.9. The normalized spacial score (nSPS) is 17.3. The van der Waals surface area contributed by atoms with Crippen molar-refractivity contribution >= 4 is 11.8 Å². The first-order valence-electron chi connectivity index (χ1n) is 7.09. The number of hydrogen-bond donors (Lipinski definition) is 1. The van der Waals surface area contributed by atoms with E-state index < -0.39 is 11.9 Å². The van der Waals surface area contributed by atoms with Crippen molar-refractivity contribution in [1.82, 2.24) is 20.2 Å². The molecule has 0 radical (unpaired) electrons. The third-order valence-corrected chi connectivity index (χ3v) is 4.79. The highest BCUT2D eigenvalue weighted by atomic mass is 32.2. The van der Waals surface area contributed by atoms with Gasteiger partial charge in [-0.05, 0) is 54.1 Å². The van der Waals surface area contributed by atoms with Crippen molar-refractivity contribution in [1.29, 1.82) is 0 Å². The average Bonchev–Trinajstić information content (AvgIpc) is 3.08. The first-order valence-corrected chi connectivity index (χ1v) is 7.90. The van der Waals surface area contributed by atoms with Crippen molar-refractivity contribution in [2.24, 2.45) is 0 Å². The molecule has 3 rings (SSSR count). The topological polar surface area (TPSA) is 63.8 Å². The number of aliphatic hydroxyl groups excluding tert-OH is 1. The summed E-state index contributed by atoms with van der Waals surface area (Å²) in [4.78, 5) is 0.652. The summed E-state index contributed by atoms with van der Waals surface area (Å²) in [7, 11) is 0. The molecule has 0 unspecified atom stereocenters. The number of rotatable bonds is 4. The molecule has 2 aromatic rings. The molecule has 0 saturated heterocycles. The Bertz CT molecular complexity index is 625. The number of nitrogens with zero attached hydrogens (tertiary/aromatic N) is 4. The Balaban J connectivity index is 1.91. The zero-order chi connectivity index (χ0) is 14.8. The molecule has 0 amide bonds. The lowest BCUT2D eigenvalue weighted by Crippen LogP contribution is -2.08. The molecule has 112 valence electrons. The molecule has 0 aliphatic heterocycles. The second-order valence-electron chi connectivity index (χ2n) is 5.27. The van der Waals surface area contributed by atoms with Crippen LogP contribution < -0.4 is 0 Å². The van der Waals surface area contributed by atoms with Gasteiger partial charge in [-0.15, -0.1) is 5.10 Å². The van der Waals surface area contributed by atoms with Gasteiger partial charge in [-0.3, -0.25) is 0 Å². The Morgan fingerprint density at radius 3 is 2.86 bits per heavy atom. The standard InChI is InChI=1S/C14H17FN4OS/c1-9(20)13-11(15)7-4-8-12(13)21-14-16-17-18-19(14)10-5-2-3-6-10/h4,7-10,20H,2-3,5-6H2,1H3/t9-/m1/s1. The van der Waals surface area contributed by atoms with Crippen LogP contribution in [0.1, 0.15) is 50.3 Å². The Morgan fingerprint density at radius 1 is 1.38 bits per heavy atom. The Morgan fingerprint density at radius 2 is 2.14 bits per heavy atom. The summed E-state index contributed by atoms with van der Waals surface area (Å²) in [5.41, 5.74) is 0.295. The van der Waals surface area contributed by atoms with Crippen molar-refractivity contribution in [2.45, 2.75) is 54.8 Å². The lowest BCUT2D eigenvalue weighted by atomic mass is 10.1. The highest BCUT2D eigenvalue weighted by Gasteiger charge is 2.23. The number of benzene rings is 1. The van der Waals surface area contributed by atoms with E-state index in [4.69, 9.17) is 0 Å². The predicted octanol–water partition coefficient (Wildman–Crippen LogP) is 3.13. The quantitative estimate of drug-likeness (QED) is 0.940. The molecule has 1 atom stereocenters. The molecule has 0 bridgehead atoms. The van der Waals surface area contributed by atoms with Crippen LogP contribution in [-0.4, -0.2) is 25.3 Å². The zero-order valence-electron chi connectivity index (χ0n) is 11.7. The molecule has 21 heavy (non-hydrogen) atoms. The minimum absolute atomic E-state index is 0.295. The van der Waals surface area contributed by atoms with Crippen LogP contribution in [0.5, 0.6) is 0 Å². The summed E-state index contributed by atoms with van der Waals surface area (Å²) in [5, 5.41) is 22.3. The van der Waals surface area contributed by atoms with Crippen LogP contribution in [0, 0.1) is 5.82 Å². The summed E-state index contributed by atoms with van der Waals surface area (Å²) in [6.07, 6.45) is 3.65. The van der Waals surface area contributed by atoms with Crippen LogP contribution in [0.3, 0.4) is 0 Å². The van der Waals surface area contributed by atoms with Crippen molar-refractivity contribution in [3.8, 4) is 0 Å². The third kappa shape index (κ3) is 2.94. The molecular weight excluding hydrogens is 291 g/mol. The van der Waals surface area contributed by atoms with E-state index in [-0.39, 0.29) is 0 Å². The van der Waals surface area contributed by atoms with E-state index in [0.29, 0.717) is 21.7 Å². The minimum atomic E-state index is -0.871. The van der Waals surface area contributed by atoms with Crippen molar-refractivity contribution < 1.29 is 9.50 Å². The molecule has 1 aliphatic rings.